The van der Waals surface area contributed by atoms with E-state index in [2.05, 4.69) is 4.72 Å². The highest BCUT2D eigenvalue weighted by Crippen LogP contribution is 2.27. The largest absolute Gasteiger partial charge is 0.289 e. The Morgan fingerprint density at radius 1 is 0.857 bits per heavy atom. The average Bonchev–Trinajstić information content (AvgIpc) is 2.69. The number of sulfonamides is 1. The summed E-state index contributed by atoms with van der Waals surface area (Å²) < 4.78 is 27.5. The maximum absolute atomic E-state index is 12.5. The average molecular weight is 396 g/mol. The zero-order valence-electron chi connectivity index (χ0n) is 14.9. The monoisotopic (exact) mass is 396 g/mol. The number of anilines is 1. The smallest absolute Gasteiger partial charge is 0.255 e. The summed E-state index contributed by atoms with van der Waals surface area (Å²) in [6.07, 6.45) is 0. The number of rotatable bonds is 7. The van der Waals surface area contributed by atoms with Crippen molar-refractivity contribution in [2.45, 2.75) is 11.7 Å². The Labute approximate surface area is 163 Å². The number of hydrogen-bond acceptors (Lipinski definition) is 4. The second-order valence-corrected chi connectivity index (χ2v) is 8.01. The number of hydroxylamine groups is 1. The summed E-state index contributed by atoms with van der Waals surface area (Å²) in [5, 5.41) is 9.14. The molecule has 0 radical (unpaired) electrons. The van der Waals surface area contributed by atoms with Crippen LogP contribution in [0.25, 0.3) is 0 Å². The lowest BCUT2D eigenvalue weighted by Gasteiger charge is -2.17. The van der Waals surface area contributed by atoms with E-state index in [0.717, 1.165) is 0 Å². The van der Waals surface area contributed by atoms with Gasteiger partial charge in [-0.05, 0) is 28.8 Å². The summed E-state index contributed by atoms with van der Waals surface area (Å²) >= 11 is 0. The molecule has 144 valence electrons. The van der Waals surface area contributed by atoms with Crippen molar-refractivity contribution in [3.05, 3.63) is 102 Å². The molecule has 1 amide bonds. The molecule has 28 heavy (non-hydrogen) atoms. The number of nitrogens with one attached hydrogen (secondary N) is 2. The van der Waals surface area contributed by atoms with E-state index in [-0.39, 0.29) is 5.75 Å². The molecule has 3 aromatic carbocycles. The molecule has 6 nitrogen and oxygen atoms in total. The van der Waals surface area contributed by atoms with Crippen molar-refractivity contribution in [1.82, 2.24) is 5.48 Å². The first-order valence-corrected chi connectivity index (χ1v) is 10.3. The first kappa shape index (κ1) is 19.6. The zero-order valence-corrected chi connectivity index (χ0v) is 15.8. The standard InChI is InChI=1S/C21H20N2O4S/c24-21(22-25)20(17-10-5-2-6-11-17)18-12-7-13-19(14-18)23-28(26,27)15-16-8-3-1-4-9-16/h1-14,20,23,25H,15H2,(H,22,24). The second kappa shape index (κ2) is 8.69. The van der Waals surface area contributed by atoms with Gasteiger partial charge in [-0.2, -0.15) is 0 Å². The summed E-state index contributed by atoms with van der Waals surface area (Å²) in [5.74, 6) is -1.53. The van der Waals surface area contributed by atoms with Crippen LogP contribution in [0.3, 0.4) is 0 Å². The van der Waals surface area contributed by atoms with Crippen LogP contribution in [0.15, 0.2) is 84.9 Å². The Morgan fingerprint density at radius 2 is 1.46 bits per heavy atom. The molecule has 0 aliphatic rings. The Hall–Kier alpha value is -3.16. The number of benzene rings is 3. The molecular weight excluding hydrogens is 376 g/mol. The molecule has 0 bridgehead atoms. The maximum Gasteiger partial charge on any atom is 0.255 e. The first-order chi connectivity index (χ1) is 13.5. The Morgan fingerprint density at radius 3 is 2.11 bits per heavy atom. The van der Waals surface area contributed by atoms with Gasteiger partial charge >= 0.3 is 0 Å². The van der Waals surface area contributed by atoms with Gasteiger partial charge in [0.25, 0.3) is 5.91 Å². The van der Waals surface area contributed by atoms with Gasteiger partial charge in [0.15, 0.2) is 0 Å². The van der Waals surface area contributed by atoms with Crippen LogP contribution < -0.4 is 10.2 Å². The summed E-state index contributed by atoms with van der Waals surface area (Å²) in [7, 11) is -3.62. The summed E-state index contributed by atoms with van der Waals surface area (Å²) in [6, 6.07) is 24.4. The Bertz CT molecular complexity index is 1040. The minimum Gasteiger partial charge on any atom is -0.289 e. The lowest BCUT2D eigenvalue weighted by Crippen LogP contribution is -2.27. The van der Waals surface area contributed by atoms with E-state index in [0.29, 0.717) is 22.4 Å². The van der Waals surface area contributed by atoms with Crippen molar-refractivity contribution in [1.29, 1.82) is 0 Å². The molecule has 1 unspecified atom stereocenters. The minimum absolute atomic E-state index is 0.155. The van der Waals surface area contributed by atoms with Crippen molar-refractivity contribution in [3.8, 4) is 0 Å². The van der Waals surface area contributed by atoms with E-state index in [4.69, 9.17) is 5.21 Å². The van der Waals surface area contributed by atoms with Gasteiger partial charge in [-0.25, -0.2) is 13.9 Å². The number of amides is 1. The van der Waals surface area contributed by atoms with Gasteiger partial charge in [-0.3, -0.25) is 14.7 Å². The van der Waals surface area contributed by atoms with Crippen LogP contribution in [0.1, 0.15) is 22.6 Å². The highest BCUT2D eigenvalue weighted by Gasteiger charge is 2.23. The van der Waals surface area contributed by atoms with Gasteiger partial charge in [0, 0.05) is 5.69 Å². The van der Waals surface area contributed by atoms with Crippen molar-refractivity contribution in [2.24, 2.45) is 0 Å². The molecule has 3 N–H and O–H groups in total. The lowest BCUT2D eigenvalue weighted by molar-refractivity contribution is -0.129. The van der Waals surface area contributed by atoms with Gasteiger partial charge < -0.3 is 0 Å². The van der Waals surface area contributed by atoms with Crippen LogP contribution >= 0.6 is 0 Å². The maximum atomic E-state index is 12.5. The Kier molecular flexibility index (Phi) is 6.08. The predicted octanol–water partition coefficient (Wildman–Crippen LogP) is 3.27. The van der Waals surface area contributed by atoms with Crippen LogP contribution in [-0.2, 0) is 20.6 Å². The third kappa shape index (κ3) is 4.97. The minimum atomic E-state index is -3.62. The van der Waals surface area contributed by atoms with Gasteiger partial charge in [0.05, 0.1) is 11.7 Å². The van der Waals surface area contributed by atoms with Gasteiger partial charge in [-0.1, -0.05) is 72.8 Å². The summed E-state index contributed by atoms with van der Waals surface area (Å²) in [5.41, 5.74) is 3.94. The van der Waals surface area contributed by atoms with E-state index in [1.165, 1.54) is 0 Å². The van der Waals surface area contributed by atoms with Crippen molar-refractivity contribution in [2.75, 3.05) is 4.72 Å². The van der Waals surface area contributed by atoms with Crippen LogP contribution in [-0.4, -0.2) is 19.5 Å². The van der Waals surface area contributed by atoms with Crippen LogP contribution in [0.5, 0.6) is 0 Å². The fourth-order valence-electron chi connectivity index (χ4n) is 3.00. The number of carbonyl (C=O) groups excluding carboxylic acids is 1. The fraction of sp³-hybridized carbons (Fsp3) is 0.0952. The third-order valence-electron chi connectivity index (χ3n) is 4.20. The molecule has 0 fully saturated rings. The molecule has 1 atom stereocenters. The Balaban J connectivity index is 1.87. The molecule has 3 aromatic rings. The predicted molar refractivity (Wildman–Crippen MR) is 107 cm³/mol. The SMILES string of the molecule is O=C(NO)C(c1ccccc1)c1cccc(NS(=O)(=O)Cc2ccccc2)c1. The van der Waals surface area contributed by atoms with Crippen LogP contribution in [0.4, 0.5) is 5.69 Å². The molecule has 3 rings (SSSR count). The van der Waals surface area contributed by atoms with Crippen LogP contribution in [0.2, 0.25) is 0 Å². The molecular formula is C21H20N2O4S. The van der Waals surface area contributed by atoms with E-state index in [1.807, 2.05) is 12.1 Å². The molecule has 7 heteroatoms. The van der Waals surface area contributed by atoms with Crippen molar-refractivity contribution < 1.29 is 18.4 Å². The lowest BCUT2D eigenvalue weighted by atomic mass is 9.90. The van der Waals surface area contributed by atoms with Crippen LogP contribution in [0, 0.1) is 0 Å². The molecule has 0 saturated carbocycles. The molecule has 0 saturated heterocycles. The normalized spacial score (nSPS) is 12.2. The topological polar surface area (TPSA) is 95.5 Å². The van der Waals surface area contributed by atoms with Gasteiger partial charge in [0.2, 0.25) is 10.0 Å². The first-order valence-electron chi connectivity index (χ1n) is 8.62. The van der Waals surface area contributed by atoms with E-state index in [9.17, 15) is 13.2 Å². The number of hydrogen-bond donors (Lipinski definition) is 3. The number of carbonyl (C=O) groups is 1. The summed E-state index contributed by atoms with van der Waals surface area (Å²) in [6.45, 7) is 0. The van der Waals surface area contributed by atoms with E-state index in [1.54, 1.807) is 78.3 Å². The van der Waals surface area contributed by atoms with E-state index < -0.39 is 21.8 Å². The second-order valence-electron chi connectivity index (χ2n) is 6.29. The summed E-state index contributed by atoms with van der Waals surface area (Å²) in [4.78, 5) is 12.3. The third-order valence-corrected chi connectivity index (χ3v) is 5.46. The van der Waals surface area contributed by atoms with Crippen molar-refractivity contribution >= 4 is 21.6 Å². The molecule has 0 spiro atoms. The zero-order chi connectivity index (χ0) is 20.0. The highest BCUT2D eigenvalue weighted by atomic mass is 32.2. The molecule has 0 aliphatic carbocycles. The molecule has 0 heterocycles. The molecule has 0 aliphatic heterocycles. The van der Waals surface area contributed by atoms with E-state index >= 15 is 0 Å². The van der Waals surface area contributed by atoms with Crippen molar-refractivity contribution in [3.63, 3.8) is 0 Å². The van der Waals surface area contributed by atoms with Gasteiger partial charge in [-0.15, -0.1) is 0 Å². The molecule has 0 aromatic heterocycles. The fourth-order valence-corrected chi connectivity index (χ4v) is 4.19. The quantitative estimate of drug-likeness (QED) is 0.422. The highest BCUT2D eigenvalue weighted by molar-refractivity contribution is 7.91. The van der Waals surface area contributed by atoms with Gasteiger partial charge in [0.1, 0.15) is 0 Å².